The Bertz CT molecular complexity index is 288. The first-order valence-corrected chi connectivity index (χ1v) is 5.98. The predicted octanol–water partition coefficient (Wildman–Crippen LogP) is 1.39. The number of nitrogens with one attached hydrogen (secondary N) is 1. The Hall–Kier alpha value is -0.650. The summed E-state index contributed by atoms with van der Waals surface area (Å²) in [5.74, 6) is 0. The van der Waals surface area contributed by atoms with Gasteiger partial charge in [-0.1, -0.05) is 0 Å². The molecular formula is C10H19N3OS. The molecule has 0 aromatic carbocycles. The first-order valence-electron chi connectivity index (χ1n) is 5.17. The van der Waals surface area contributed by atoms with Crippen LogP contribution in [-0.2, 0) is 6.54 Å². The first-order chi connectivity index (χ1) is 7.11. The molecule has 0 aliphatic heterocycles. The highest BCUT2D eigenvalue weighted by molar-refractivity contribution is 7.15. The normalized spacial score (nSPS) is 13.1. The van der Waals surface area contributed by atoms with E-state index in [4.69, 9.17) is 0 Å². The molecule has 0 aliphatic carbocycles. The molecule has 0 saturated carbocycles. The van der Waals surface area contributed by atoms with Crippen LogP contribution >= 0.6 is 11.3 Å². The molecule has 1 heterocycles. The SMILES string of the molecule is CCNc1ncc(CN(C)CC(C)O)s1. The lowest BCUT2D eigenvalue weighted by atomic mass is 10.3. The highest BCUT2D eigenvalue weighted by atomic mass is 32.1. The fourth-order valence-corrected chi connectivity index (χ4v) is 2.36. The van der Waals surface area contributed by atoms with Gasteiger partial charge in [0.25, 0.3) is 0 Å². The summed E-state index contributed by atoms with van der Waals surface area (Å²) < 4.78 is 0. The summed E-state index contributed by atoms with van der Waals surface area (Å²) in [5, 5.41) is 13.4. The van der Waals surface area contributed by atoms with E-state index in [1.807, 2.05) is 13.2 Å². The topological polar surface area (TPSA) is 48.4 Å². The lowest BCUT2D eigenvalue weighted by Gasteiger charge is -2.16. The number of rotatable bonds is 6. The Balaban J connectivity index is 2.42. The van der Waals surface area contributed by atoms with E-state index in [2.05, 4.69) is 22.1 Å². The Labute approximate surface area is 94.9 Å². The van der Waals surface area contributed by atoms with Crippen LogP contribution in [0.25, 0.3) is 0 Å². The van der Waals surface area contributed by atoms with Gasteiger partial charge in [0.05, 0.1) is 6.10 Å². The molecule has 4 nitrogen and oxygen atoms in total. The minimum atomic E-state index is -0.281. The van der Waals surface area contributed by atoms with Crippen molar-refractivity contribution in [3.05, 3.63) is 11.1 Å². The molecule has 0 amide bonds. The molecule has 5 heteroatoms. The second-order valence-corrected chi connectivity index (χ2v) is 4.82. The van der Waals surface area contributed by atoms with E-state index < -0.39 is 0 Å². The maximum atomic E-state index is 9.22. The Morgan fingerprint density at radius 2 is 2.40 bits per heavy atom. The van der Waals surface area contributed by atoms with Gasteiger partial charge in [-0.2, -0.15) is 0 Å². The fraction of sp³-hybridized carbons (Fsp3) is 0.700. The van der Waals surface area contributed by atoms with Crippen LogP contribution < -0.4 is 5.32 Å². The zero-order valence-corrected chi connectivity index (χ0v) is 10.3. The van der Waals surface area contributed by atoms with E-state index in [0.717, 1.165) is 18.2 Å². The van der Waals surface area contributed by atoms with Crippen molar-refractivity contribution >= 4 is 16.5 Å². The van der Waals surface area contributed by atoms with Gasteiger partial charge in [-0.3, -0.25) is 4.90 Å². The number of likely N-dealkylation sites (N-methyl/N-ethyl adjacent to an activating group) is 1. The van der Waals surface area contributed by atoms with Gasteiger partial charge in [0.2, 0.25) is 0 Å². The van der Waals surface area contributed by atoms with Gasteiger partial charge in [-0.15, -0.1) is 11.3 Å². The molecule has 1 rings (SSSR count). The largest absolute Gasteiger partial charge is 0.392 e. The van der Waals surface area contributed by atoms with Crippen LogP contribution in [-0.4, -0.2) is 41.2 Å². The zero-order chi connectivity index (χ0) is 11.3. The second kappa shape index (κ2) is 6.05. The lowest BCUT2D eigenvalue weighted by Crippen LogP contribution is -2.26. The highest BCUT2D eigenvalue weighted by Gasteiger charge is 2.06. The maximum absolute atomic E-state index is 9.22. The third-order valence-corrected chi connectivity index (χ3v) is 2.82. The molecule has 1 aromatic rings. The third-order valence-electron chi connectivity index (χ3n) is 1.88. The van der Waals surface area contributed by atoms with Crippen LogP contribution in [0.3, 0.4) is 0 Å². The Kier molecular flexibility index (Phi) is 5.01. The quantitative estimate of drug-likeness (QED) is 0.774. The molecule has 0 bridgehead atoms. The molecule has 86 valence electrons. The number of hydrogen-bond acceptors (Lipinski definition) is 5. The minimum absolute atomic E-state index is 0.281. The average Bonchev–Trinajstić information content (AvgIpc) is 2.51. The Morgan fingerprint density at radius 3 is 3.00 bits per heavy atom. The summed E-state index contributed by atoms with van der Waals surface area (Å²) in [6.07, 6.45) is 1.61. The maximum Gasteiger partial charge on any atom is 0.182 e. The molecule has 0 fully saturated rings. The first kappa shape index (κ1) is 12.4. The van der Waals surface area contributed by atoms with Crippen LogP contribution in [0.15, 0.2) is 6.20 Å². The van der Waals surface area contributed by atoms with Gasteiger partial charge in [0.15, 0.2) is 5.13 Å². The fourth-order valence-electron chi connectivity index (χ4n) is 1.40. The zero-order valence-electron chi connectivity index (χ0n) is 9.53. The second-order valence-electron chi connectivity index (χ2n) is 3.71. The van der Waals surface area contributed by atoms with Crippen molar-refractivity contribution in [3.8, 4) is 0 Å². The molecule has 2 N–H and O–H groups in total. The highest BCUT2D eigenvalue weighted by Crippen LogP contribution is 2.18. The van der Waals surface area contributed by atoms with Crippen molar-refractivity contribution in [2.24, 2.45) is 0 Å². The van der Waals surface area contributed by atoms with Crippen LogP contribution in [0, 0.1) is 0 Å². The number of thiazole rings is 1. The minimum Gasteiger partial charge on any atom is -0.392 e. The monoisotopic (exact) mass is 229 g/mol. The van der Waals surface area contributed by atoms with E-state index >= 15 is 0 Å². The van der Waals surface area contributed by atoms with E-state index in [1.54, 1.807) is 18.3 Å². The summed E-state index contributed by atoms with van der Waals surface area (Å²) in [4.78, 5) is 7.56. The van der Waals surface area contributed by atoms with Crippen LogP contribution in [0.2, 0.25) is 0 Å². The molecular weight excluding hydrogens is 210 g/mol. The van der Waals surface area contributed by atoms with Crippen molar-refractivity contribution < 1.29 is 5.11 Å². The van der Waals surface area contributed by atoms with E-state index in [9.17, 15) is 5.11 Å². The predicted molar refractivity (Wildman–Crippen MR) is 64.3 cm³/mol. The standard InChI is InChI=1S/C10H19N3OS/c1-4-11-10-12-5-9(15-10)7-13(3)6-8(2)14/h5,8,14H,4,6-7H2,1-3H3,(H,11,12). The summed E-state index contributed by atoms with van der Waals surface area (Å²) in [6.45, 7) is 6.28. The molecule has 1 aromatic heterocycles. The van der Waals surface area contributed by atoms with Gasteiger partial charge in [0, 0.05) is 30.7 Å². The van der Waals surface area contributed by atoms with Gasteiger partial charge in [0.1, 0.15) is 0 Å². The Morgan fingerprint density at radius 1 is 1.67 bits per heavy atom. The number of aliphatic hydroxyl groups is 1. The molecule has 0 spiro atoms. The van der Waals surface area contributed by atoms with Crippen molar-refractivity contribution in [3.63, 3.8) is 0 Å². The van der Waals surface area contributed by atoms with Crippen LogP contribution in [0.4, 0.5) is 5.13 Å². The molecule has 0 saturated heterocycles. The smallest absolute Gasteiger partial charge is 0.182 e. The number of anilines is 1. The number of aliphatic hydroxyl groups excluding tert-OH is 1. The molecule has 1 atom stereocenters. The van der Waals surface area contributed by atoms with Crippen molar-refractivity contribution in [1.29, 1.82) is 0 Å². The van der Waals surface area contributed by atoms with Crippen molar-refractivity contribution in [2.75, 3.05) is 25.5 Å². The molecule has 1 unspecified atom stereocenters. The number of nitrogens with zero attached hydrogens (tertiary/aromatic N) is 2. The number of aromatic nitrogens is 1. The van der Waals surface area contributed by atoms with Gasteiger partial charge >= 0.3 is 0 Å². The molecule has 15 heavy (non-hydrogen) atoms. The average molecular weight is 229 g/mol. The van der Waals surface area contributed by atoms with Crippen LogP contribution in [0.5, 0.6) is 0 Å². The molecule has 0 radical (unpaired) electrons. The summed E-state index contributed by atoms with van der Waals surface area (Å²) in [7, 11) is 2.00. The van der Waals surface area contributed by atoms with Gasteiger partial charge < -0.3 is 10.4 Å². The van der Waals surface area contributed by atoms with Crippen LogP contribution in [0.1, 0.15) is 18.7 Å². The van der Waals surface area contributed by atoms with Gasteiger partial charge in [-0.05, 0) is 20.9 Å². The summed E-state index contributed by atoms with van der Waals surface area (Å²) >= 11 is 1.67. The summed E-state index contributed by atoms with van der Waals surface area (Å²) in [6, 6.07) is 0. The van der Waals surface area contributed by atoms with E-state index in [0.29, 0.717) is 6.54 Å². The van der Waals surface area contributed by atoms with Crippen molar-refractivity contribution in [1.82, 2.24) is 9.88 Å². The van der Waals surface area contributed by atoms with Crippen molar-refractivity contribution in [2.45, 2.75) is 26.5 Å². The number of hydrogen-bond donors (Lipinski definition) is 2. The summed E-state index contributed by atoms with van der Waals surface area (Å²) in [5.41, 5.74) is 0. The van der Waals surface area contributed by atoms with E-state index in [1.165, 1.54) is 4.88 Å². The molecule has 0 aliphatic rings. The lowest BCUT2D eigenvalue weighted by molar-refractivity contribution is 0.139. The third kappa shape index (κ3) is 4.59. The van der Waals surface area contributed by atoms with E-state index in [-0.39, 0.29) is 6.10 Å². The van der Waals surface area contributed by atoms with Gasteiger partial charge in [-0.25, -0.2) is 4.98 Å².